The summed E-state index contributed by atoms with van der Waals surface area (Å²) in [6, 6.07) is 9.98. The maximum Gasteiger partial charge on any atom is 0.232 e. The number of nitrogens with zero attached hydrogens (tertiary/aromatic N) is 4. The number of hydrogen-bond donors (Lipinski definition) is 2. The lowest BCUT2D eigenvalue weighted by molar-refractivity contribution is 0.169. The predicted octanol–water partition coefficient (Wildman–Crippen LogP) is 2.74. The van der Waals surface area contributed by atoms with Gasteiger partial charge in [0.15, 0.2) is 5.82 Å². The van der Waals surface area contributed by atoms with Crippen molar-refractivity contribution < 1.29 is 0 Å². The number of nitrogen functional groups attached to an aromatic ring is 1. The van der Waals surface area contributed by atoms with Crippen LogP contribution >= 0.6 is 0 Å². The van der Waals surface area contributed by atoms with E-state index >= 15 is 0 Å². The Labute approximate surface area is 130 Å². The van der Waals surface area contributed by atoms with Crippen LogP contribution in [0.4, 0.5) is 17.6 Å². The molecule has 0 saturated carbocycles. The van der Waals surface area contributed by atoms with Crippen LogP contribution < -0.4 is 11.1 Å². The topological polar surface area (TPSA) is 80.0 Å². The standard InChI is InChI=1S/C16H22N6/c1-12(22-10-6-3-7-11-22)14-19-15(17)21-16(20-14)18-13-8-4-2-5-9-13/h2,4-5,8-9,12H,3,6-7,10-11H2,1H3,(H3,17,18,19,20,21)/t12-/m1/s1. The Kier molecular flexibility index (Phi) is 4.48. The number of nitrogens with one attached hydrogen (secondary N) is 1. The molecule has 116 valence electrons. The zero-order valence-corrected chi connectivity index (χ0v) is 12.9. The molecule has 2 heterocycles. The molecule has 0 bridgehead atoms. The van der Waals surface area contributed by atoms with E-state index in [0.29, 0.717) is 5.95 Å². The third kappa shape index (κ3) is 3.51. The molecule has 22 heavy (non-hydrogen) atoms. The highest BCUT2D eigenvalue weighted by molar-refractivity contribution is 5.53. The van der Waals surface area contributed by atoms with Crippen molar-refractivity contribution in [2.45, 2.75) is 32.2 Å². The van der Waals surface area contributed by atoms with E-state index in [1.165, 1.54) is 19.3 Å². The summed E-state index contributed by atoms with van der Waals surface area (Å²) in [5, 5.41) is 3.18. The number of anilines is 3. The lowest BCUT2D eigenvalue weighted by atomic mass is 10.1. The molecule has 1 saturated heterocycles. The van der Waals surface area contributed by atoms with Crippen molar-refractivity contribution in [3.05, 3.63) is 36.2 Å². The molecule has 1 aromatic carbocycles. The minimum absolute atomic E-state index is 0.155. The number of para-hydroxylation sites is 1. The smallest absolute Gasteiger partial charge is 0.232 e. The van der Waals surface area contributed by atoms with Gasteiger partial charge in [-0.15, -0.1) is 0 Å². The molecular weight excluding hydrogens is 276 g/mol. The van der Waals surface area contributed by atoms with Crippen molar-refractivity contribution in [2.24, 2.45) is 0 Å². The summed E-state index contributed by atoms with van der Waals surface area (Å²) in [6.45, 7) is 4.31. The van der Waals surface area contributed by atoms with E-state index in [1.54, 1.807) is 0 Å². The second-order valence-corrected chi connectivity index (χ2v) is 5.64. The molecule has 0 aliphatic carbocycles. The average Bonchev–Trinajstić information content (AvgIpc) is 2.55. The molecule has 1 fully saturated rings. The Morgan fingerprint density at radius 2 is 1.77 bits per heavy atom. The molecule has 0 unspecified atom stereocenters. The summed E-state index contributed by atoms with van der Waals surface area (Å²) in [4.78, 5) is 15.5. The van der Waals surface area contributed by atoms with Gasteiger partial charge in [0, 0.05) is 5.69 Å². The van der Waals surface area contributed by atoms with Crippen LogP contribution in [0.5, 0.6) is 0 Å². The molecule has 2 aromatic rings. The molecular formula is C16H22N6. The van der Waals surface area contributed by atoms with Gasteiger partial charge in [-0.25, -0.2) is 0 Å². The average molecular weight is 298 g/mol. The van der Waals surface area contributed by atoms with Crippen LogP contribution in [0.25, 0.3) is 0 Å². The first-order valence-electron chi connectivity index (χ1n) is 7.80. The first kappa shape index (κ1) is 14.7. The molecule has 1 aliphatic heterocycles. The van der Waals surface area contributed by atoms with E-state index < -0.39 is 0 Å². The molecule has 1 aliphatic rings. The fourth-order valence-electron chi connectivity index (χ4n) is 2.77. The summed E-state index contributed by atoms with van der Waals surface area (Å²) in [5.74, 6) is 1.48. The largest absolute Gasteiger partial charge is 0.368 e. The van der Waals surface area contributed by atoms with Gasteiger partial charge >= 0.3 is 0 Å². The lowest BCUT2D eigenvalue weighted by Crippen LogP contribution is -2.33. The first-order chi connectivity index (χ1) is 10.7. The van der Waals surface area contributed by atoms with Gasteiger partial charge in [0.2, 0.25) is 11.9 Å². The molecule has 3 rings (SSSR count). The van der Waals surface area contributed by atoms with Crippen LogP contribution in [0, 0.1) is 0 Å². The number of piperidine rings is 1. The number of nitrogens with two attached hydrogens (primary N) is 1. The second kappa shape index (κ2) is 6.70. The second-order valence-electron chi connectivity index (χ2n) is 5.64. The van der Waals surface area contributed by atoms with Gasteiger partial charge in [0.05, 0.1) is 6.04 Å². The third-order valence-electron chi connectivity index (χ3n) is 4.01. The van der Waals surface area contributed by atoms with Gasteiger partial charge in [-0.3, -0.25) is 4.90 Å². The Morgan fingerprint density at radius 1 is 1.05 bits per heavy atom. The van der Waals surface area contributed by atoms with Gasteiger partial charge in [-0.1, -0.05) is 24.6 Å². The Bertz CT molecular complexity index is 609. The number of aromatic nitrogens is 3. The summed E-state index contributed by atoms with van der Waals surface area (Å²) in [5.41, 5.74) is 6.79. The Balaban J connectivity index is 1.80. The van der Waals surface area contributed by atoms with E-state index in [1.807, 2.05) is 30.3 Å². The van der Waals surface area contributed by atoms with Crippen LogP contribution in [0.1, 0.15) is 38.1 Å². The molecule has 3 N–H and O–H groups in total. The number of hydrogen-bond acceptors (Lipinski definition) is 6. The van der Waals surface area contributed by atoms with Crippen molar-refractivity contribution in [3.8, 4) is 0 Å². The maximum atomic E-state index is 5.86. The van der Waals surface area contributed by atoms with Gasteiger partial charge < -0.3 is 11.1 Å². The summed E-state index contributed by atoms with van der Waals surface area (Å²) >= 11 is 0. The SMILES string of the molecule is C[C@H](c1nc(N)nc(Nc2ccccc2)n1)N1CCCCC1. The summed E-state index contributed by atoms with van der Waals surface area (Å²) in [7, 11) is 0. The molecule has 0 spiro atoms. The highest BCUT2D eigenvalue weighted by Crippen LogP contribution is 2.23. The predicted molar refractivity (Wildman–Crippen MR) is 87.8 cm³/mol. The monoisotopic (exact) mass is 298 g/mol. The quantitative estimate of drug-likeness (QED) is 0.903. The van der Waals surface area contributed by atoms with Gasteiger partial charge in [0.1, 0.15) is 0 Å². The number of rotatable bonds is 4. The molecule has 6 heteroatoms. The van der Waals surface area contributed by atoms with Gasteiger partial charge in [-0.05, 0) is 45.0 Å². The van der Waals surface area contributed by atoms with Crippen molar-refractivity contribution in [2.75, 3.05) is 24.1 Å². The molecule has 0 amide bonds. The first-order valence-corrected chi connectivity index (χ1v) is 7.80. The fourth-order valence-corrected chi connectivity index (χ4v) is 2.77. The van der Waals surface area contributed by atoms with E-state index in [9.17, 15) is 0 Å². The van der Waals surface area contributed by atoms with Crippen LogP contribution in [0.15, 0.2) is 30.3 Å². The normalized spacial score (nSPS) is 17.1. The highest BCUT2D eigenvalue weighted by atomic mass is 15.2. The molecule has 1 aromatic heterocycles. The van der Waals surface area contributed by atoms with Gasteiger partial charge in [-0.2, -0.15) is 15.0 Å². The van der Waals surface area contributed by atoms with Crippen LogP contribution in [-0.4, -0.2) is 32.9 Å². The third-order valence-corrected chi connectivity index (χ3v) is 4.01. The minimum atomic E-state index is 0.155. The van der Waals surface area contributed by atoms with Crippen molar-refractivity contribution in [3.63, 3.8) is 0 Å². The van der Waals surface area contributed by atoms with Crippen LogP contribution in [0.2, 0.25) is 0 Å². The zero-order chi connectivity index (χ0) is 15.4. The Hall–Kier alpha value is -2.21. The highest BCUT2D eigenvalue weighted by Gasteiger charge is 2.21. The summed E-state index contributed by atoms with van der Waals surface area (Å²) in [6.07, 6.45) is 3.78. The minimum Gasteiger partial charge on any atom is -0.368 e. The van der Waals surface area contributed by atoms with E-state index in [4.69, 9.17) is 5.73 Å². The van der Waals surface area contributed by atoms with Crippen LogP contribution in [-0.2, 0) is 0 Å². The van der Waals surface area contributed by atoms with Crippen molar-refractivity contribution in [1.29, 1.82) is 0 Å². The lowest BCUT2D eigenvalue weighted by Gasteiger charge is -2.31. The van der Waals surface area contributed by atoms with Gasteiger partial charge in [0.25, 0.3) is 0 Å². The number of benzene rings is 1. The molecule has 0 radical (unpaired) electrons. The van der Waals surface area contributed by atoms with Crippen molar-refractivity contribution >= 4 is 17.6 Å². The fraction of sp³-hybridized carbons (Fsp3) is 0.438. The van der Waals surface area contributed by atoms with E-state index in [2.05, 4.69) is 32.1 Å². The Morgan fingerprint density at radius 3 is 2.50 bits per heavy atom. The molecule has 1 atom stereocenters. The zero-order valence-electron chi connectivity index (χ0n) is 12.9. The summed E-state index contributed by atoms with van der Waals surface area (Å²) < 4.78 is 0. The van der Waals surface area contributed by atoms with E-state index in [0.717, 1.165) is 24.6 Å². The maximum absolute atomic E-state index is 5.86. The molecule has 6 nitrogen and oxygen atoms in total. The van der Waals surface area contributed by atoms with E-state index in [-0.39, 0.29) is 12.0 Å². The van der Waals surface area contributed by atoms with Crippen LogP contribution in [0.3, 0.4) is 0 Å². The number of likely N-dealkylation sites (tertiary alicyclic amines) is 1. The van der Waals surface area contributed by atoms with Crippen molar-refractivity contribution in [1.82, 2.24) is 19.9 Å².